The van der Waals surface area contributed by atoms with E-state index in [-0.39, 0.29) is 23.6 Å². The lowest BCUT2D eigenvalue weighted by Crippen LogP contribution is -2.14. The van der Waals surface area contributed by atoms with Crippen LogP contribution in [0.15, 0.2) is 15.9 Å². The third-order valence-electron chi connectivity index (χ3n) is 4.56. The summed E-state index contributed by atoms with van der Waals surface area (Å²) in [6, 6.07) is 1.94. The topological polar surface area (TPSA) is 87.1 Å². The van der Waals surface area contributed by atoms with E-state index in [0.717, 1.165) is 10.6 Å². The zero-order valence-electron chi connectivity index (χ0n) is 15.8. The Morgan fingerprint density at radius 2 is 2.04 bits per heavy atom. The minimum absolute atomic E-state index is 0.0786. The van der Waals surface area contributed by atoms with Gasteiger partial charge in [0, 0.05) is 11.6 Å². The van der Waals surface area contributed by atoms with Gasteiger partial charge in [-0.05, 0) is 26.8 Å². The molecule has 0 radical (unpaired) electrons. The summed E-state index contributed by atoms with van der Waals surface area (Å²) >= 11 is 1.50. The molecule has 1 aromatic carbocycles. The van der Waals surface area contributed by atoms with Gasteiger partial charge in [0.15, 0.2) is 17.3 Å². The van der Waals surface area contributed by atoms with Crippen LogP contribution in [0.3, 0.4) is 0 Å². The van der Waals surface area contributed by atoms with Gasteiger partial charge in [0.2, 0.25) is 18.3 Å². The Balaban J connectivity index is 1.97. The Morgan fingerprint density at radius 3 is 2.70 bits per heavy atom. The van der Waals surface area contributed by atoms with Gasteiger partial charge >= 0.3 is 0 Å². The molecule has 0 bridgehead atoms. The molecule has 2 aliphatic rings. The molecule has 2 aromatic rings. The van der Waals surface area contributed by atoms with E-state index >= 15 is 0 Å². The lowest BCUT2D eigenvalue weighted by molar-refractivity contribution is 0.170. The largest absolute Gasteiger partial charge is 0.492 e. The SMILES string of the molecule is COc1c(C2SC(C)=Nc3c2c(=O)[nH]n3C(C)C)cc2c(c1OC)OCO2. The average Bonchev–Trinajstić information content (AvgIpc) is 3.23. The lowest BCUT2D eigenvalue weighted by Gasteiger charge is -2.24. The molecule has 0 fully saturated rings. The highest BCUT2D eigenvalue weighted by Gasteiger charge is 2.36. The van der Waals surface area contributed by atoms with Crippen LogP contribution < -0.4 is 24.5 Å². The summed E-state index contributed by atoms with van der Waals surface area (Å²) < 4.78 is 24.1. The van der Waals surface area contributed by atoms with Crippen molar-refractivity contribution in [2.75, 3.05) is 21.0 Å². The van der Waals surface area contributed by atoms with E-state index in [0.29, 0.717) is 34.4 Å². The van der Waals surface area contributed by atoms with Gasteiger partial charge in [-0.1, -0.05) is 11.8 Å². The number of thioether (sulfide) groups is 1. The third kappa shape index (κ3) is 2.68. The summed E-state index contributed by atoms with van der Waals surface area (Å²) in [5, 5.41) is 3.46. The van der Waals surface area contributed by atoms with Crippen LogP contribution in [0.4, 0.5) is 5.82 Å². The molecule has 1 unspecified atom stereocenters. The molecule has 4 rings (SSSR count). The molecular formula is C18H21N3O5S. The van der Waals surface area contributed by atoms with Gasteiger partial charge in [-0.2, -0.15) is 0 Å². The molecule has 1 atom stereocenters. The van der Waals surface area contributed by atoms with Gasteiger partial charge in [-0.15, -0.1) is 0 Å². The second-order valence-corrected chi connectivity index (χ2v) is 7.83. The molecule has 0 amide bonds. The van der Waals surface area contributed by atoms with Gasteiger partial charge in [0.1, 0.15) is 0 Å². The van der Waals surface area contributed by atoms with Crippen LogP contribution in [-0.4, -0.2) is 35.8 Å². The number of H-pyrrole nitrogens is 1. The van der Waals surface area contributed by atoms with Crippen molar-refractivity contribution < 1.29 is 18.9 Å². The molecular weight excluding hydrogens is 370 g/mol. The Bertz CT molecular complexity index is 992. The summed E-state index contributed by atoms with van der Waals surface area (Å²) in [6.07, 6.45) is 0. The molecule has 27 heavy (non-hydrogen) atoms. The van der Waals surface area contributed by atoms with Crippen LogP contribution in [0, 0.1) is 0 Å². The Morgan fingerprint density at radius 1 is 1.30 bits per heavy atom. The number of aliphatic imine (C=N–C) groups is 1. The maximum atomic E-state index is 12.8. The lowest BCUT2D eigenvalue weighted by atomic mass is 10.0. The van der Waals surface area contributed by atoms with Crippen LogP contribution in [0.25, 0.3) is 0 Å². The van der Waals surface area contributed by atoms with Crippen molar-refractivity contribution in [1.29, 1.82) is 0 Å². The van der Waals surface area contributed by atoms with Gasteiger partial charge in [0.05, 0.1) is 30.1 Å². The summed E-state index contributed by atoms with van der Waals surface area (Å²) in [5.74, 6) is 2.72. The van der Waals surface area contributed by atoms with Crippen molar-refractivity contribution in [2.45, 2.75) is 32.1 Å². The fraction of sp³-hybridized carbons (Fsp3) is 0.444. The number of rotatable bonds is 4. The van der Waals surface area contributed by atoms with Crippen LogP contribution in [0.1, 0.15) is 43.2 Å². The second kappa shape index (κ2) is 6.56. The number of aromatic amines is 1. The quantitative estimate of drug-likeness (QED) is 0.860. The summed E-state index contributed by atoms with van der Waals surface area (Å²) in [7, 11) is 3.13. The van der Waals surface area contributed by atoms with E-state index in [4.69, 9.17) is 18.9 Å². The van der Waals surface area contributed by atoms with Crippen LogP contribution in [-0.2, 0) is 0 Å². The maximum absolute atomic E-state index is 12.8. The van der Waals surface area contributed by atoms with Gasteiger partial charge in [-0.3, -0.25) is 14.6 Å². The number of fused-ring (bicyclic) bond motifs is 2. The van der Waals surface area contributed by atoms with Crippen LogP contribution in [0.2, 0.25) is 0 Å². The highest BCUT2D eigenvalue weighted by molar-refractivity contribution is 8.14. The molecule has 0 aliphatic carbocycles. The molecule has 144 valence electrons. The molecule has 1 N–H and O–H groups in total. The first-order chi connectivity index (χ1) is 13.0. The van der Waals surface area contributed by atoms with Crippen molar-refractivity contribution in [3.8, 4) is 23.0 Å². The Hall–Kier alpha value is -2.55. The number of aromatic nitrogens is 2. The smallest absolute Gasteiger partial charge is 0.271 e. The predicted molar refractivity (Wildman–Crippen MR) is 103 cm³/mol. The fourth-order valence-corrected chi connectivity index (χ4v) is 4.52. The first-order valence-electron chi connectivity index (χ1n) is 8.57. The predicted octanol–water partition coefficient (Wildman–Crippen LogP) is 3.39. The number of nitrogens with zero attached hydrogens (tertiary/aromatic N) is 2. The zero-order valence-corrected chi connectivity index (χ0v) is 16.6. The van der Waals surface area contributed by atoms with Crippen molar-refractivity contribution in [3.63, 3.8) is 0 Å². The Labute approximate surface area is 160 Å². The number of ether oxygens (including phenoxy) is 4. The van der Waals surface area contributed by atoms with Crippen LogP contribution in [0.5, 0.6) is 23.0 Å². The van der Waals surface area contributed by atoms with Crippen LogP contribution >= 0.6 is 11.8 Å². The molecule has 9 heteroatoms. The number of benzene rings is 1. The molecule has 8 nitrogen and oxygen atoms in total. The van der Waals surface area contributed by atoms with E-state index in [1.807, 2.05) is 26.8 Å². The van der Waals surface area contributed by atoms with E-state index < -0.39 is 0 Å². The third-order valence-corrected chi connectivity index (χ3v) is 5.72. The molecule has 0 saturated heterocycles. The molecule has 0 saturated carbocycles. The first-order valence-corrected chi connectivity index (χ1v) is 9.45. The van der Waals surface area contributed by atoms with E-state index in [2.05, 4.69) is 10.1 Å². The summed E-state index contributed by atoms with van der Waals surface area (Å²) in [5.41, 5.74) is 1.22. The summed E-state index contributed by atoms with van der Waals surface area (Å²) in [4.78, 5) is 17.4. The first kappa shape index (κ1) is 17.8. The molecule has 1 aromatic heterocycles. The monoisotopic (exact) mass is 391 g/mol. The highest BCUT2D eigenvalue weighted by Crippen LogP contribution is 2.55. The number of nitrogens with one attached hydrogen (secondary N) is 1. The van der Waals surface area contributed by atoms with E-state index in [1.165, 1.54) is 11.8 Å². The number of hydrogen-bond acceptors (Lipinski definition) is 7. The second-order valence-electron chi connectivity index (χ2n) is 6.54. The van der Waals surface area contributed by atoms with Gasteiger partial charge < -0.3 is 18.9 Å². The molecule has 0 spiro atoms. The van der Waals surface area contributed by atoms with E-state index in [9.17, 15) is 4.79 Å². The highest BCUT2D eigenvalue weighted by atomic mass is 32.2. The van der Waals surface area contributed by atoms with E-state index in [1.54, 1.807) is 18.9 Å². The normalized spacial score (nSPS) is 17.7. The van der Waals surface area contributed by atoms with Crippen molar-refractivity contribution in [3.05, 3.63) is 27.5 Å². The maximum Gasteiger partial charge on any atom is 0.271 e. The number of methoxy groups -OCH3 is 2. The fourth-order valence-electron chi connectivity index (χ4n) is 3.41. The summed E-state index contributed by atoms with van der Waals surface area (Å²) in [6.45, 7) is 6.05. The van der Waals surface area contributed by atoms with Gasteiger partial charge in [-0.25, -0.2) is 4.99 Å². The van der Waals surface area contributed by atoms with Crippen molar-refractivity contribution in [2.24, 2.45) is 4.99 Å². The Kier molecular flexibility index (Phi) is 4.33. The molecule has 3 heterocycles. The minimum atomic E-state index is -0.306. The van der Waals surface area contributed by atoms with Crippen molar-refractivity contribution >= 4 is 22.6 Å². The van der Waals surface area contributed by atoms with Gasteiger partial charge in [0.25, 0.3) is 5.56 Å². The standard InChI is InChI=1S/C18H21N3O5S/c1-8(2)21-17-12(18(22)20-21)16(27-9(3)19-17)10-6-11-14(26-7-25-11)15(24-5)13(10)23-4/h6,8,16H,7H2,1-5H3,(H,20,22). The van der Waals surface area contributed by atoms with Crippen molar-refractivity contribution in [1.82, 2.24) is 9.78 Å². The minimum Gasteiger partial charge on any atom is -0.492 e. The average molecular weight is 391 g/mol. The number of hydrogen-bond donors (Lipinski definition) is 1. The molecule has 2 aliphatic heterocycles. The zero-order chi connectivity index (χ0) is 19.3.